The average Bonchev–Trinajstić information content (AvgIpc) is 3.07. The van der Waals surface area contributed by atoms with Crippen LogP contribution in [0.5, 0.6) is 0 Å². The molecule has 30 heavy (non-hydrogen) atoms. The zero-order valence-electron chi connectivity index (χ0n) is 18.6. The first kappa shape index (κ1) is 20.0. The molecule has 4 aliphatic rings. The van der Waals surface area contributed by atoms with E-state index in [1.165, 1.54) is 24.8 Å². The van der Waals surface area contributed by atoms with E-state index in [9.17, 15) is 9.59 Å². The molecule has 6 atom stereocenters. The van der Waals surface area contributed by atoms with E-state index < -0.39 is 0 Å². The largest absolute Gasteiger partial charge is 0.300 e. The van der Waals surface area contributed by atoms with Crippen LogP contribution in [0.15, 0.2) is 47.6 Å². The Morgan fingerprint density at radius 1 is 1.03 bits per heavy atom. The van der Waals surface area contributed by atoms with Gasteiger partial charge in [-0.05, 0) is 98.2 Å². The molecule has 3 fully saturated rings. The molecule has 2 nitrogen and oxygen atoms in total. The quantitative estimate of drug-likeness (QED) is 0.535. The van der Waals surface area contributed by atoms with Gasteiger partial charge < -0.3 is 0 Å². The molecule has 0 amide bonds. The molecule has 0 radical (unpaired) electrons. The number of carbonyl (C=O) groups excluding carboxylic acids is 2. The predicted octanol–water partition coefficient (Wildman–Crippen LogP) is 6.42. The first-order valence-corrected chi connectivity index (χ1v) is 11.8. The van der Waals surface area contributed by atoms with Crippen LogP contribution in [-0.4, -0.2) is 11.6 Å². The van der Waals surface area contributed by atoms with Crippen molar-refractivity contribution >= 4 is 17.6 Å². The number of hydrogen-bond acceptors (Lipinski definition) is 2. The second kappa shape index (κ2) is 7.04. The zero-order valence-corrected chi connectivity index (χ0v) is 18.6. The minimum atomic E-state index is 0.0904. The first-order chi connectivity index (χ1) is 14.3. The molecule has 0 aromatic heterocycles. The SMILES string of the molecule is CC(=O)[C@H]1CC[C@H]2[C@@H]3CCC4=CC(=O)C(=Cc5ccccc5)C[C@]4(C)[C@H]3CC[C@]12C. The number of carbonyl (C=O) groups is 2. The Morgan fingerprint density at radius 3 is 2.53 bits per heavy atom. The maximum absolute atomic E-state index is 12.9. The predicted molar refractivity (Wildman–Crippen MR) is 121 cm³/mol. The summed E-state index contributed by atoms with van der Waals surface area (Å²) in [6, 6.07) is 10.3. The molecule has 5 rings (SSSR count). The second-order valence-corrected chi connectivity index (χ2v) is 10.9. The van der Waals surface area contributed by atoms with E-state index >= 15 is 0 Å². The van der Waals surface area contributed by atoms with Gasteiger partial charge in [0.05, 0.1) is 0 Å². The highest BCUT2D eigenvalue weighted by molar-refractivity contribution is 6.08. The van der Waals surface area contributed by atoms with E-state index in [1.807, 2.05) is 24.3 Å². The van der Waals surface area contributed by atoms with Gasteiger partial charge >= 0.3 is 0 Å². The molecule has 3 saturated carbocycles. The molecular weight excluding hydrogens is 368 g/mol. The van der Waals surface area contributed by atoms with Gasteiger partial charge in [0.1, 0.15) is 5.78 Å². The van der Waals surface area contributed by atoms with Crippen molar-refractivity contribution in [3.63, 3.8) is 0 Å². The Labute approximate surface area is 180 Å². The van der Waals surface area contributed by atoms with Gasteiger partial charge in [0, 0.05) is 11.5 Å². The third-order valence-electron chi connectivity index (χ3n) is 9.55. The summed E-state index contributed by atoms with van der Waals surface area (Å²) < 4.78 is 0. The molecule has 0 saturated heterocycles. The lowest BCUT2D eigenvalue weighted by Gasteiger charge is -2.58. The van der Waals surface area contributed by atoms with Gasteiger partial charge in [-0.3, -0.25) is 9.59 Å². The van der Waals surface area contributed by atoms with Crippen LogP contribution < -0.4 is 0 Å². The van der Waals surface area contributed by atoms with Crippen LogP contribution in [0, 0.1) is 34.5 Å². The summed E-state index contributed by atoms with van der Waals surface area (Å²) in [5.41, 5.74) is 3.76. The van der Waals surface area contributed by atoms with Crippen LogP contribution in [-0.2, 0) is 9.59 Å². The summed E-state index contributed by atoms with van der Waals surface area (Å²) in [5.74, 6) is 2.87. The molecule has 0 heterocycles. The summed E-state index contributed by atoms with van der Waals surface area (Å²) in [5, 5.41) is 0. The summed E-state index contributed by atoms with van der Waals surface area (Å²) in [4.78, 5) is 25.3. The van der Waals surface area contributed by atoms with Crippen LogP contribution in [0.4, 0.5) is 0 Å². The first-order valence-electron chi connectivity index (χ1n) is 11.8. The van der Waals surface area contributed by atoms with Crippen LogP contribution in [0.1, 0.15) is 71.3 Å². The highest BCUT2D eigenvalue weighted by Crippen LogP contribution is 2.67. The Morgan fingerprint density at radius 2 is 1.80 bits per heavy atom. The number of Topliss-reactive ketones (excluding diaryl/α,β-unsaturated/α-hetero) is 1. The minimum absolute atomic E-state index is 0.0904. The third-order valence-corrected chi connectivity index (χ3v) is 9.55. The Bertz CT molecular complexity index is 939. The van der Waals surface area contributed by atoms with Crippen molar-refractivity contribution in [2.75, 3.05) is 0 Å². The highest BCUT2D eigenvalue weighted by Gasteiger charge is 2.59. The fourth-order valence-electron chi connectivity index (χ4n) is 8.08. The van der Waals surface area contributed by atoms with Crippen LogP contribution in [0.25, 0.3) is 6.08 Å². The van der Waals surface area contributed by atoms with Crippen molar-refractivity contribution in [3.8, 4) is 0 Å². The second-order valence-electron chi connectivity index (χ2n) is 10.9. The maximum atomic E-state index is 12.9. The number of ketones is 2. The van der Waals surface area contributed by atoms with E-state index in [0.29, 0.717) is 23.5 Å². The van der Waals surface area contributed by atoms with Gasteiger partial charge in [-0.15, -0.1) is 0 Å². The van der Waals surface area contributed by atoms with Crippen molar-refractivity contribution < 1.29 is 9.59 Å². The Balaban J connectivity index is 1.48. The molecule has 2 heteroatoms. The van der Waals surface area contributed by atoms with E-state index in [4.69, 9.17) is 0 Å². The topological polar surface area (TPSA) is 34.1 Å². The number of fused-ring (bicyclic) bond motifs is 5. The summed E-state index contributed by atoms with van der Waals surface area (Å²) in [6.07, 6.45) is 11.9. The molecular formula is C28H34O2. The standard InChI is InChI=1S/C28H34O2/c1-18(29)23-11-12-24-22-10-9-21-16-26(30)20(15-19-7-5-4-6-8-19)17-28(21,3)25(22)13-14-27(23,24)2/h4-8,15-16,22-25H,9-14,17H2,1-3H3/t22-,23+,24-,25-,27+,28-/m0/s1. The maximum Gasteiger partial charge on any atom is 0.181 e. The van der Waals surface area contributed by atoms with Crippen LogP contribution >= 0.6 is 0 Å². The molecule has 0 aliphatic heterocycles. The molecule has 0 spiro atoms. The van der Waals surface area contributed by atoms with Crippen molar-refractivity contribution in [2.24, 2.45) is 34.5 Å². The van der Waals surface area contributed by atoms with Crippen molar-refractivity contribution in [2.45, 2.75) is 65.7 Å². The van der Waals surface area contributed by atoms with Gasteiger partial charge in [-0.25, -0.2) is 0 Å². The fraction of sp³-hybridized carbons (Fsp3) is 0.571. The molecule has 1 aromatic carbocycles. The van der Waals surface area contributed by atoms with Crippen molar-refractivity contribution in [1.82, 2.24) is 0 Å². The monoisotopic (exact) mass is 402 g/mol. The summed E-state index contributed by atoms with van der Waals surface area (Å²) in [7, 11) is 0. The molecule has 0 bridgehead atoms. The van der Waals surface area contributed by atoms with Gasteiger partial charge in [0.25, 0.3) is 0 Å². The van der Waals surface area contributed by atoms with Crippen LogP contribution in [0.3, 0.4) is 0 Å². The number of allylic oxidation sites excluding steroid dienone is 2. The molecule has 0 N–H and O–H groups in total. The normalized spacial score (nSPS) is 41.6. The van der Waals surface area contributed by atoms with Crippen molar-refractivity contribution in [1.29, 1.82) is 0 Å². The fourth-order valence-corrected chi connectivity index (χ4v) is 8.08. The number of benzene rings is 1. The van der Waals surface area contributed by atoms with Gasteiger partial charge in [0.2, 0.25) is 0 Å². The Kier molecular flexibility index (Phi) is 4.69. The lowest BCUT2D eigenvalue weighted by molar-refractivity contribution is -0.128. The molecule has 158 valence electrons. The van der Waals surface area contributed by atoms with Gasteiger partial charge in [-0.2, -0.15) is 0 Å². The lowest BCUT2D eigenvalue weighted by atomic mass is 9.46. The third kappa shape index (κ3) is 2.90. The lowest BCUT2D eigenvalue weighted by Crippen LogP contribution is -2.51. The number of hydrogen-bond donors (Lipinski definition) is 0. The van der Waals surface area contributed by atoms with Crippen molar-refractivity contribution in [3.05, 3.63) is 53.1 Å². The molecule has 0 unspecified atom stereocenters. The Hall–Kier alpha value is -1.96. The summed E-state index contributed by atoms with van der Waals surface area (Å²) in [6.45, 7) is 6.65. The van der Waals surface area contributed by atoms with Crippen LogP contribution in [0.2, 0.25) is 0 Å². The van der Waals surface area contributed by atoms with E-state index in [2.05, 4.69) is 32.1 Å². The molecule has 4 aliphatic carbocycles. The molecule has 1 aromatic rings. The zero-order chi connectivity index (χ0) is 21.1. The smallest absolute Gasteiger partial charge is 0.181 e. The van der Waals surface area contributed by atoms with E-state index in [-0.39, 0.29) is 22.5 Å². The van der Waals surface area contributed by atoms with Gasteiger partial charge in [0.15, 0.2) is 5.78 Å². The summed E-state index contributed by atoms with van der Waals surface area (Å²) >= 11 is 0. The average molecular weight is 403 g/mol. The highest BCUT2D eigenvalue weighted by atomic mass is 16.1. The van der Waals surface area contributed by atoms with E-state index in [0.717, 1.165) is 36.8 Å². The minimum Gasteiger partial charge on any atom is -0.300 e. The van der Waals surface area contributed by atoms with Gasteiger partial charge in [-0.1, -0.05) is 49.8 Å². The number of rotatable bonds is 2. The van der Waals surface area contributed by atoms with E-state index in [1.54, 1.807) is 6.92 Å².